The molecule has 2 aromatic rings. The first-order valence-corrected chi connectivity index (χ1v) is 7.73. The Morgan fingerprint density at radius 1 is 1.42 bits per heavy atom. The van der Waals surface area contributed by atoms with Crippen LogP contribution in [-0.2, 0) is 9.53 Å². The molecule has 3 rings (SSSR count). The molecule has 0 spiro atoms. The lowest BCUT2D eigenvalue weighted by atomic mass is 9.93. The number of aliphatic carboxylic acids is 1. The van der Waals surface area contributed by atoms with Crippen molar-refractivity contribution in [3.63, 3.8) is 0 Å². The van der Waals surface area contributed by atoms with Crippen molar-refractivity contribution in [2.75, 3.05) is 13.2 Å². The summed E-state index contributed by atoms with van der Waals surface area (Å²) in [6, 6.07) is 5.81. The number of amides is 1. The van der Waals surface area contributed by atoms with E-state index in [0.29, 0.717) is 24.5 Å². The van der Waals surface area contributed by atoms with E-state index in [0.717, 1.165) is 12.8 Å². The SMILES string of the molecule is O=C(N[C@@H](C(=O)O)[C@H]1CCCOC1)c1cccc(-n2ccnn2)c1. The molecule has 2 N–H and O–H groups in total. The summed E-state index contributed by atoms with van der Waals surface area (Å²) in [6.45, 7) is 0.979. The van der Waals surface area contributed by atoms with Gasteiger partial charge in [-0.3, -0.25) is 4.79 Å². The van der Waals surface area contributed by atoms with Gasteiger partial charge in [0.1, 0.15) is 6.04 Å². The van der Waals surface area contributed by atoms with Crippen molar-refractivity contribution in [2.45, 2.75) is 18.9 Å². The first-order chi connectivity index (χ1) is 11.6. The predicted molar refractivity (Wildman–Crippen MR) is 83.8 cm³/mol. The van der Waals surface area contributed by atoms with E-state index < -0.39 is 17.9 Å². The molecule has 126 valence electrons. The van der Waals surface area contributed by atoms with Gasteiger partial charge in [0.2, 0.25) is 0 Å². The Hall–Kier alpha value is -2.74. The molecule has 1 saturated heterocycles. The molecule has 8 heteroatoms. The van der Waals surface area contributed by atoms with E-state index in [4.69, 9.17) is 4.74 Å². The van der Waals surface area contributed by atoms with Crippen molar-refractivity contribution in [3.05, 3.63) is 42.2 Å². The first kappa shape index (κ1) is 16.1. The summed E-state index contributed by atoms with van der Waals surface area (Å²) in [4.78, 5) is 24.0. The van der Waals surface area contributed by atoms with E-state index in [1.807, 2.05) is 0 Å². The van der Waals surface area contributed by atoms with Gasteiger partial charge in [-0.05, 0) is 31.0 Å². The van der Waals surface area contributed by atoms with Gasteiger partial charge >= 0.3 is 5.97 Å². The van der Waals surface area contributed by atoms with E-state index in [2.05, 4.69) is 15.6 Å². The second kappa shape index (κ2) is 7.22. The van der Waals surface area contributed by atoms with Gasteiger partial charge in [-0.15, -0.1) is 5.10 Å². The van der Waals surface area contributed by atoms with Crippen LogP contribution in [0.2, 0.25) is 0 Å². The summed E-state index contributed by atoms with van der Waals surface area (Å²) in [5.74, 6) is -1.71. The lowest BCUT2D eigenvalue weighted by Gasteiger charge is -2.28. The monoisotopic (exact) mass is 330 g/mol. The van der Waals surface area contributed by atoms with Crippen LogP contribution in [0.3, 0.4) is 0 Å². The molecule has 1 aliphatic heterocycles. The molecule has 1 aromatic carbocycles. The number of benzene rings is 1. The van der Waals surface area contributed by atoms with Crippen LogP contribution in [-0.4, -0.2) is 51.2 Å². The molecule has 1 aliphatic rings. The summed E-state index contributed by atoms with van der Waals surface area (Å²) < 4.78 is 6.86. The molecule has 1 aromatic heterocycles. The second-order valence-corrected chi connectivity index (χ2v) is 5.66. The average molecular weight is 330 g/mol. The Balaban J connectivity index is 1.75. The molecule has 0 aliphatic carbocycles. The topological polar surface area (TPSA) is 106 Å². The fourth-order valence-corrected chi connectivity index (χ4v) is 2.77. The zero-order valence-corrected chi connectivity index (χ0v) is 13.0. The number of hydrogen-bond acceptors (Lipinski definition) is 5. The van der Waals surface area contributed by atoms with E-state index >= 15 is 0 Å². The van der Waals surface area contributed by atoms with Crippen LogP contribution < -0.4 is 5.32 Å². The normalized spacial score (nSPS) is 18.8. The quantitative estimate of drug-likeness (QED) is 0.843. The Labute approximate surface area is 138 Å². The standard InChI is InChI=1S/C16H18N4O4/c21-15(18-14(16(22)23)12-4-2-8-24-10-12)11-3-1-5-13(9-11)20-7-6-17-19-20/h1,3,5-7,9,12,14H,2,4,8,10H2,(H,18,21)(H,22,23)/t12-,14+/m0/s1. The lowest BCUT2D eigenvalue weighted by Crippen LogP contribution is -2.48. The van der Waals surface area contributed by atoms with Gasteiger partial charge in [0.15, 0.2) is 0 Å². The zero-order chi connectivity index (χ0) is 16.9. The maximum atomic E-state index is 12.5. The van der Waals surface area contributed by atoms with Crippen LogP contribution >= 0.6 is 0 Å². The number of carbonyl (C=O) groups is 2. The Bertz CT molecular complexity index is 711. The highest BCUT2D eigenvalue weighted by Gasteiger charge is 2.31. The number of nitrogens with zero attached hydrogens (tertiary/aromatic N) is 3. The van der Waals surface area contributed by atoms with Gasteiger partial charge in [-0.1, -0.05) is 11.3 Å². The molecular weight excluding hydrogens is 312 g/mol. The summed E-state index contributed by atoms with van der Waals surface area (Å²) in [5.41, 5.74) is 1.04. The summed E-state index contributed by atoms with van der Waals surface area (Å²) in [7, 11) is 0. The van der Waals surface area contributed by atoms with Gasteiger partial charge in [0.05, 0.1) is 24.7 Å². The first-order valence-electron chi connectivity index (χ1n) is 7.73. The largest absolute Gasteiger partial charge is 0.480 e. The van der Waals surface area contributed by atoms with Crippen LogP contribution in [0, 0.1) is 5.92 Å². The minimum Gasteiger partial charge on any atom is -0.480 e. The molecule has 0 unspecified atom stereocenters. The molecule has 1 amide bonds. The van der Waals surface area contributed by atoms with Gasteiger partial charge in [0, 0.05) is 18.1 Å². The molecular formula is C16H18N4O4. The van der Waals surface area contributed by atoms with Gasteiger partial charge in [-0.25, -0.2) is 9.48 Å². The van der Waals surface area contributed by atoms with Crippen LogP contribution in [0.4, 0.5) is 0 Å². The number of carboxylic acids is 1. The predicted octanol–water partition coefficient (Wildman–Crippen LogP) is 0.877. The molecule has 2 heterocycles. The Morgan fingerprint density at radius 2 is 2.29 bits per heavy atom. The Kier molecular flexibility index (Phi) is 4.85. The zero-order valence-electron chi connectivity index (χ0n) is 13.0. The third-order valence-corrected chi connectivity index (χ3v) is 4.01. The third-order valence-electron chi connectivity index (χ3n) is 4.01. The summed E-state index contributed by atoms with van der Waals surface area (Å²) in [6.07, 6.45) is 4.72. The number of rotatable bonds is 5. The number of ether oxygens (including phenoxy) is 1. The second-order valence-electron chi connectivity index (χ2n) is 5.66. The fraction of sp³-hybridized carbons (Fsp3) is 0.375. The third kappa shape index (κ3) is 3.60. The van der Waals surface area contributed by atoms with Crippen LogP contribution in [0.1, 0.15) is 23.2 Å². The van der Waals surface area contributed by atoms with Crippen molar-refractivity contribution in [3.8, 4) is 5.69 Å². The minimum absolute atomic E-state index is 0.223. The number of nitrogens with one attached hydrogen (secondary N) is 1. The van der Waals surface area contributed by atoms with Crippen LogP contribution in [0.15, 0.2) is 36.7 Å². The smallest absolute Gasteiger partial charge is 0.326 e. The molecule has 8 nitrogen and oxygen atoms in total. The van der Waals surface area contributed by atoms with Crippen molar-refractivity contribution < 1.29 is 19.4 Å². The highest BCUT2D eigenvalue weighted by atomic mass is 16.5. The lowest BCUT2D eigenvalue weighted by molar-refractivity contribution is -0.142. The van der Waals surface area contributed by atoms with Gasteiger partial charge in [0.25, 0.3) is 5.91 Å². The number of carboxylic acid groups (broad SMARTS) is 1. The minimum atomic E-state index is -1.05. The molecule has 0 saturated carbocycles. The maximum Gasteiger partial charge on any atom is 0.326 e. The van der Waals surface area contributed by atoms with Crippen molar-refractivity contribution in [1.82, 2.24) is 20.3 Å². The number of hydrogen-bond donors (Lipinski definition) is 2. The van der Waals surface area contributed by atoms with Gasteiger partial charge in [-0.2, -0.15) is 0 Å². The highest BCUT2D eigenvalue weighted by Crippen LogP contribution is 2.18. The summed E-state index contributed by atoms with van der Waals surface area (Å²) in [5, 5.41) is 19.6. The molecule has 0 radical (unpaired) electrons. The van der Waals surface area contributed by atoms with Crippen LogP contribution in [0.25, 0.3) is 5.69 Å². The maximum absolute atomic E-state index is 12.5. The summed E-state index contributed by atoms with van der Waals surface area (Å²) >= 11 is 0. The van der Waals surface area contributed by atoms with Crippen molar-refractivity contribution in [2.24, 2.45) is 5.92 Å². The average Bonchev–Trinajstić information content (AvgIpc) is 3.15. The van der Waals surface area contributed by atoms with E-state index in [1.54, 1.807) is 30.5 Å². The number of carbonyl (C=O) groups excluding carboxylic acids is 1. The van der Waals surface area contributed by atoms with Crippen molar-refractivity contribution >= 4 is 11.9 Å². The van der Waals surface area contributed by atoms with E-state index in [-0.39, 0.29) is 5.92 Å². The van der Waals surface area contributed by atoms with E-state index in [1.165, 1.54) is 10.9 Å². The molecule has 24 heavy (non-hydrogen) atoms. The molecule has 0 bridgehead atoms. The van der Waals surface area contributed by atoms with Crippen LogP contribution in [0.5, 0.6) is 0 Å². The van der Waals surface area contributed by atoms with Gasteiger partial charge < -0.3 is 15.2 Å². The highest BCUT2D eigenvalue weighted by molar-refractivity contribution is 5.97. The molecule has 1 fully saturated rings. The van der Waals surface area contributed by atoms with E-state index in [9.17, 15) is 14.7 Å². The Morgan fingerprint density at radius 3 is 2.96 bits per heavy atom. The number of aromatic nitrogens is 3. The molecule has 2 atom stereocenters. The fourth-order valence-electron chi connectivity index (χ4n) is 2.77. The van der Waals surface area contributed by atoms with Crippen molar-refractivity contribution in [1.29, 1.82) is 0 Å².